The van der Waals surface area contributed by atoms with Crippen LogP contribution >= 0.6 is 15.9 Å². The second kappa shape index (κ2) is 10.6. The fourth-order valence-electron chi connectivity index (χ4n) is 4.13. The molecule has 7 heteroatoms. The zero-order valence-electron chi connectivity index (χ0n) is 20.4. The van der Waals surface area contributed by atoms with Crippen molar-refractivity contribution in [2.24, 2.45) is 0 Å². The van der Waals surface area contributed by atoms with E-state index in [1.807, 2.05) is 65.6 Å². The molecule has 4 rings (SSSR count). The Morgan fingerprint density at radius 3 is 2.34 bits per heavy atom. The summed E-state index contributed by atoms with van der Waals surface area (Å²) >= 11 is 3.44. The molecule has 0 aliphatic carbocycles. The molecule has 6 nitrogen and oxygen atoms in total. The van der Waals surface area contributed by atoms with Gasteiger partial charge in [-0.3, -0.25) is 9.59 Å². The van der Waals surface area contributed by atoms with Crippen molar-refractivity contribution in [3.63, 3.8) is 0 Å². The molecule has 1 aromatic heterocycles. The Kier molecular flexibility index (Phi) is 7.55. The molecule has 0 radical (unpaired) electrons. The maximum atomic E-state index is 12.9. The summed E-state index contributed by atoms with van der Waals surface area (Å²) in [5.74, 6) is 0.737. The molecule has 0 bridgehead atoms. The lowest BCUT2D eigenvalue weighted by Gasteiger charge is -2.23. The highest BCUT2D eigenvalue weighted by Crippen LogP contribution is 2.23. The first-order valence-corrected chi connectivity index (χ1v) is 12.7. The maximum Gasteiger partial charge on any atom is 0.255 e. The molecule has 1 saturated heterocycles. The number of benzene rings is 2. The number of aromatic nitrogens is 1. The summed E-state index contributed by atoms with van der Waals surface area (Å²) in [6.07, 6.45) is 2.55. The van der Waals surface area contributed by atoms with Gasteiger partial charge in [0, 0.05) is 41.8 Å². The van der Waals surface area contributed by atoms with E-state index in [0.717, 1.165) is 23.3 Å². The lowest BCUT2D eigenvalue weighted by Crippen LogP contribution is -2.35. The van der Waals surface area contributed by atoms with Crippen molar-refractivity contribution < 1.29 is 9.59 Å². The van der Waals surface area contributed by atoms with Gasteiger partial charge < -0.3 is 15.1 Å². The van der Waals surface area contributed by atoms with E-state index in [9.17, 15) is 9.59 Å². The minimum absolute atomic E-state index is 0.0467. The van der Waals surface area contributed by atoms with Gasteiger partial charge in [0.15, 0.2) is 0 Å². The molecule has 1 fully saturated rings. The Morgan fingerprint density at radius 2 is 1.69 bits per heavy atom. The summed E-state index contributed by atoms with van der Waals surface area (Å²) in [6.45, 7) is 9.33. The number of hydrogen-bond donors (Lipinski definition) is 1. The molecule has 0 saturated carbocycles. The summed E-state index contributed by atoms with van der Waals surface area (Å²) in [5, 5.41) is 2.93. The number of pyridine rings is 1. The van der Waals surface area contributed by atoms with E-state index in [2.05, 4.69) is 51.9 Å². The van der Waals surface area contributed by atoms with Crippen LogP contribution in [0.25, 0.3) is 0 Å². The van der Waals surface area contributed by atoms with Crippen molar-refractivity contribution in [2.45, 2.75) is 32.6 Å². The minimum Gasteiger partial charge on any atom is -0.355 e. The average molecular weight is 535 g/mol. The van der Waals surface area contributed by atoms with Crippen molar-refractivity contribution in [3.8, 4) is 0 Å². The first-order chi connectivity index (χ1) is 16.7. The Morgan fingerprint density at radius 1 is 0.914 bits per heavy atom. The number of halogens is 1. The van der Waals surface area contributed by atoms with Gasteiger partial charge in [-0.2, -0.15) is 0 Å². The van der Waals surface area contributed by atoms with Crippen LogP contribution < -0.4 is 10.2 Å². The Balaban J connectivity index is 1.35. The molecule has 0 unspecified atom stereocenters. The van der Waals surface area contributed by atoms with Gasteiger partial charge in [-0.25, -0.2) is 4.98 Å². The van der Waals surface area contributed by atoms with E-state index < -0.39 is 0 Å². The van der Waals surface area contributed by atoms with E-state index in [1.54, 1.807) is 6.20 Å². The van der Waals surface area contributed by atoms with E-state index >= 15 is 0 Å². The molecule has 0 atom stereocenters. The molecular weight excluding hydrogens is 504 g/mol. The van der Waals surface area contributed by atoms with Crippen LogP contribution in [0.15, 0.2) is 71.3 Å². The topological polar surface area (TPSA) is 65.5 Å². The number of anilines is 2. The van der Waals surface area contributed by atoms with Crippen molar-refractivity contribution in [1.82, 2.24) is 9.88 Å². The fourth-order valence-corrected chi connectivity index (χ4v) is 4.52. The molecule has 2 heterocycles. The van der Waals surface area contributed by atoms with Gasteiger partial charge in [-0.05, 0) is 59.9 Å². The van der Waals surface area contributed by atoms with Gasteiger partial charge in [0.25, 0.3) is 11.8 Å². The number of amides is 2. The van der Waals surface area contributed by atoms with Crippen LogP contribution in [-0.2, 0) is 5.41 Å². The standard InChI is InChI=1S/C28H31BrN4O2/c1-28(2,3)22-10-8-20(9-11-22)26(34)31-24-12-13-25(30-19-24)32-14-5-15-33(17-16-32)27(35)21-6-4-7-23(29)18-21/h4,6-13,18-19H,5,14-17H2,1-3H3,(H,31,34). The van der Waals surface area contributed by atoms with Crippen LogP contribution in [0.2, 0.25) is 0 Å². The van der Waals surface area contributed by atoms with Crippen LogP contribution in [0, 0.1) is 0 Å². The minimum atomic E-state index is -0.156. The largest absolute Gasteiger partial charge is 0.355 e. The highest BCUT2D eigenvalue weighted by Gasteiger charge is 2.21. The third kappa shape index (κ3) is 6.28. The number of hydrogen-bond acceptors (Lipinski definition) is 4. The van der Waals surface area contributed by atoms with E-state index in [1.165, 1.54) is 5.56 Å². The maximum absolute atomic E-state index is 12.9. The van der Waals surface area contributed by atoms with Crippen LogP contribution in [0.4, 0.5) is 11.5 Å². The van der Waals surface area contributed by atoms with Gasteiger partial charge in [-0.1, -0.05) is 54.9 Å². The Bertz CT molecular complexity index is 1190. The Hall–Kier alpha value is -3.19. The third-order valence-electron chi connectivity index (χ3n) is 6.20. The average Bonchev–Trinajstić information content (AvgIpc) is 3.10. The fraction of sp³-hybridized carbons (Fsp3) is 0.321. The van der Waals surface area contributed by atoms with Crippen molar-refractivity contribution in [3.05, 3.63) is 88.0 Å². The molecule has 1 N–H and O–H groups in total. The number of carbonyl (C=O) groups is 2. The number of nitrogens with zero attached hydrogens (tertiary/aromatic N) is 3. The SMILES string of the molecule is CC(C)(C)c1ccc(C(=O)Nc2ccc(N3CCCN(C(=O)c4cccc(Br)c4)CC3)nc2)cc1. The molecule has 0 spiro atoms. The zero-order valence-corrected chi connectivity index (χ0v) is 22.0. The molecule has 35 heavy (non-hydrogen) atoms. The third-order valence-corrected chi connectivity index (χ3v) is 6.69. The summed E-state index contributed by atoms with van der Waals surface area (Å²) < 4.78 is 0.901. The first-order valence-electron chi connectivity index (χ1n) is 11.9. The van der Waals surface area contributed by atoms with Crippen LogP contribution in [0.1, 0.15) is 53.5 Å². The predicted octanol–water partition coefficient (Wildman–Crippen LogP) is 5.75. The lowest BCUT2D eigenvalue weighted by atomic mass is 9.87. The van der Waals surface area contributed by atoms with Gasteiger partial charge in [0.2, 0.25) is 0 Å². The van der Waals surface area contributed by atoms with Gasteiger partial charge in [-0.15, -0.1) is 0 Å². The van der Waals surface area contributed by atoms with Crippen molar-refractivity contribution in [1.29, 1.82) is 0 Å². The van der Waals surface area contributed by atoms with Crippen LogP contribution in [-0.4, -0.2) is 47.9 Å². The molecule has 1 aliphatic heterocycles. The van der Waals surface area contributed by atoms with E-state index in [4.69, 9.17) is 0 Å². The number of nitrogens with one attached hydrogen (secondary N) is 1. The van der Waals surface area contributed by atoms with Gasteiger partial charge in [0.1, 0.15) is 5.82 Å². The van der Waals surface area contributed by atoms with E-state index in [0.29, 0.717) is 36.4 Å². The Labute approximate surface area is 215 Å². The van der Waals surface area contributed by atoms with Crippen molar-refractivity contribution in [2.75, 3.05) is 36.4 Å². The molecule has 182 valence electrons. The normalized spacial score (nSPS) is 14.4. The molecule has 2 amide bonds. The molecule has 1 aliphatic rings. The smallest absolute Gasteiger partial charge is 0.255 e. The van der Waals surface area contributed by atoms with Crippen molar-refractivity contribution >= 4 is 39.2 Å². The van der Waals surface area contributed by atoms with E-state index in [-0.39, 0.29) is 17.2 Å². The monoisotopic (exact) mass is 534 g/mol. The second-order valence-electron chi connectivity index (χ2n) is 9.83. The summed E-state index contributed by atoms with van der Waals surface area (Å²) in [4.78, 5) is 34.2. The van der Waals surface area contributed by atoms with Gasteiger partial charge in [0.05, 0.1) is 11.9 Å². The predicted molar refractivity (Wildman–Crippen MR) is 144 cm³/mol. The zero-order chi connectivity index (χ0) is 25.0. The number of rotatable bonds is 4. The highest BCUT2D eigenvalue weighted by molar-refractivity contribution is 9.10. The number of carbonyl (C=O) groups excluding carboxylic acids is 2. The molecule has 3 aromatic rings. The van der Waals surface area contributed by atoms with Crippen LogP contribution in [0.5, 0.6) is 0 Å². The summed E-state index contributed by atoms with van der Waals surface area (Å²) in [5.41, 5.74) is 3.20. The molecule has 2 aromatic carbocycles. The molecular formula is C28H31BrN4O2. The quantitative estimate of drug-likeness (QED) is 0.463. The summed E-state index contributed by atoms with van der Waals surface area (Å²) in [6, 6.07) is 19.0. The summed E-state index contributed by atoms with van der Waals surface area (Å²) in [7, 11) is 0. The highest BCUT2D eigenvalue weighted by atomic mass is 79.9. The van der Waals surface area contributed by atoms with Crippen LogP contribution in [0.3, 0.4) is 0 Å². The first kappa shape index (κ1) is 24.9. The second-order valence-corrected chi connectivity index (χ2v) is 10.7. The lowest BCUT2D eigenvalue weighted by molar-refractivity contribution is 0.0766. The van der Waals surface area contributed by atoms with Gasteiger partial charge >= 0.3 is 0 Å².